The van der Waals surface area contributed by atoms with E-state index in [0.29, 0.717) is 22.8 Å². The summed E-state index contributed by atoms with van der Waals surface area (Å²) in [5, 5.41) is 4.56. The van der Waals surface area contributed by atoms with Crippen molar-refractivity contribution in [2.75, 3.05) is 0 Å². The summed E-state index contributed by atoms with van der Waals surface area (Å²) in [6.45, 7) is 4.63. The Kier molecular flexibility index (Phi) is 4.42. The molecule has 19 heavy (non-hydrogen) atoms. The number of hydrogen-bond donors (Lipinski definition) is 0. The minimum absolute atomic E-state index is 0.0825. The highest BCUT2D eigenvalue weighted by molar-refractivity contribution is 9.10. The van der Waals surface area contributed by atoms with Gasteiger partial charge in [-0.1, -0.05) is 34.5 Å². The first-order chi connectivity index (χ1) is 9.04. The zero-order valence-corrected chi connectivity index (χ0v) is 13.1. The Labute approximate surface area is 125 Å². The van der Waals surface area contributed by atoms with Crippen LogP contribution in [0.15, 0.2) is 28.9 Å². The van der Waals surface area contributed by atoms with Crippen LogP contribution < -0.4 is 0 Å². The molecule has 1 aromatic heterocycles. The summed E-state index contributed by atoms with van der Waals surface area (Å²) in [7, 11) is 0. The first-order valence-electron chi connectivity index (χ1n) is 6.06. The zero-order chi connectivity index (χ0) is 14.0. The van der Waals surface area contributed by atoms with E-state index in [0.717, 1.165) is 16.5 Å². The fourth-order valence-corrected chi connectivity index (χ4v) is 2.68. The summed E-state index contributed by atoms with van der Waals surface area (Å²) >= 11 is 9.49. The Morgan fingerprint density at radius 3 is 2.84 bits per heavy atom. The van der Waals surface area contributed by atoms with E-state index in [4.69, 9.17) is 11.6 Å². The van der Waals surface area contributed by atoms with Crippen LogP contribution in [0, 0.1) is 6.92 Å². The third-order valence-corrected chi connectivity index (χ3v) is 3.65. The molecule has 0 amide bonds. The predicted molar refractivity (Wildman–Crippen MR) is 79.8 cm³/mol. The van der Waals surface area contributed by atoms with Crippen molar-refractivity contribution in [2.45, 2.75) is 26.8 Å². The van der Waals surface area contributed by atoms with Gasteiger partial charge in [-0.05, 0) is 37.1 Å². The van der Waals surface area contributed by atoms with Gasteiger partial charge in [0.05, 0.1) is 11.2 Å². The van der Waals surface area contributed by atoms with Crippen LogP contribution in [0.3, 0.4) is 0 Å². The fraction of sp³-hybridized carbons (Fsp3) is 0.286. The number of nitrogens with zero attached hydrogens (tertiary/aromatic N) is 2. The number of carbonyl (C=O) groups excluding carboxylic acids is 1. The number of ketones is 1. The Bertz CT molecular complexity index is 622. The maximum absolute atomic E-state index is 12.6. The largest absolute Gasteiger partial charge is 0.287 e. The Morgan fingerprint density at radius 2 is 2.21 bits per heavy atom. The first-order valence-corrected chi connectivity index (χ1v) is 7.23. The highest BCUT2D eigenvalue weighted by Gasteiger charge is 2.20. The molecule has 3 nitrogen and oxygen atoms in total. The monoisotopic (exact) mass is 340 g/mol. The van der Waals surface area contributed by atoms with Gasteiger partial charge in [0, 0.05) is 16.6 Å². The molecule has 0 aliphatic carbocycles. The molecule has 0 bridgehead atoms. The van der Waals surface area contributed by atoms with Gasteiger partial charge >= 0.3 is 0 Å². The third kappa shape index (κ3) is 2.90. The standard InChI is InChI=1S/C14H14BrClN2O/c1-3-6-18-13(12(16)8-17-18)14(19)11-5-4-10(15)7-9(11)2/h4-5,7-8H,3,6H2,1-2H3. The number of carbonyl (C=O) groups is 1. The molecule has 0 N–H and O–H groups in total. The van der Waals surface area contributed by atoms with E-state index in [-0.39, 0.29) is 5.78 Å². The zero-order valence-electron chi connectivity index (χ0n) is 10.8. The van der Waals surface area contributed by atoms with Crippen molar-refractivity contribution in [1.29, 1.82) is 0 Å². The normalized spacial score (nSPS) is 10.7. The molecule has 100 valence electrons. The molecule has 0 saturated carbocycles. The van der Waals surface area contributed by atoms with Gasteiger partial charge in [0.2, 0.25) is 5.78 Å². The topological polar surface area (TPSA) is 34.9 Å². The molecule has 1 heterocycles. The molecular weight excluding hydrogens is 328 g/mol. The first kappa shape index (κ1) is 14.3. The maximum Gasteiger partial charge on any atom is 0.212 e. The minimum Gasteiger partial charge on any atom is -0.287 e. The van der Waals surface area contributed by atoms with Gasteiger partial charge in [0.15, 0.2) is 0 Å². The maximum atomic E-state index is 12.6. The van der Waals surface area contributed by atoms with E-state index in [1.54, 1.807) is 10.7 Å². The molecule has 0 fully saturated rings. The van der Waals surface area contributed by atoms with Gasteiger partial charge in [-0.25, -0.2) is 0 Å². The summed E-state index contributed by atoms with van der Waals surface area (Å²) in [4.78, 5) is 12.6. The lowest BCUT2D eigenvalue weighted by Gasteiger charge is -2.08. The molecule has 2 aromatic rings. The van der Waals surface area contributed by atoms with Crippen LogP contribution in [0.5, 0.6) is 0 Å². The van der Waals surface area contributed by atoms with E-state index in [2.05, 4.69) is 21.0 Å². The number of hydrogen-bond acceptors (Lipinski definition) is 2. The van der Waals surface area contributed by atoms with E-state index < -0.39 is 0 Å². The molecule has 0 aliphatic rings. The van der Waals surface area contributed by atoms with Gasteiger partial charge in [-0.2, -0.15) is 5.10 Å². The summed E-state index contributed by atoms with van der Waals surface area (Å²) in [6, 6.07) is 5.58. The van der Waals surface area contributed by atoms with Crippen molar-refractivity contribution < 1.29 is 4.79 Å². The van der Waals surface area contributed by atoms with Gasteiger partial charge in [-0.3, -0.25) is 9.48 Å². The van der Waals surface area contributed by atoms with E-state index >= 15 is 0 Å². The summed E-state index contributed by atoms with van der Waals surface area (Å²) in [5.41, 5.74) is 2.04. The molecule has 5 heteroatoms. The lowest BCUT2D eigenvalue weighted by molar-refractivity contribution is 0.102. The van der Waals surface area contributed by atoms with Crippen LogP contribution in [0.4, 0.5) is 0 Å². The van der Waals surface area contributed by atoms with Crippen LogP contribution >= 0.6 is 27.5 Å². The third-order valence-electron chi connectivity index (χ3n) is 2.88. The Hall–Kier alpha value is -1.13. The lowest BCUT2D eigenvalue weighted by atomic mass is 10.0. The smallest absolute Gasteiger partial charge is 0.212 e. The second kappa shape index (κ2) is 5.88. The molecule has 2 rings (SSSR count). The summed E-state index contributed by atoms with van der Waals surface area (Å²) in [5.74, 6) is -0.0825. The van der Waals surface area contributed by atoms with Gasteiger partial charge in [0.25, 0.3) is 0 Å². The number of benzene rings is 1. The number of aromatic nitrogens is 2. The average molecular weight is 342 g/mol. The van der Waals surface area contributed by atoms with Crippen molar-refractivity contribution in [3.63, 3.8) is 0 Å². The molecule has 0 spiro atoms. The Balaban J connectivity index is 2.46. The van der Waals surface area contributed by atoms with Gasteiger partial charge in [0.1, 0.15) is 5.69 Å². The summed E-state index contributed by atoms with van der Waals surface area (Å²) in [6.07, 6.45) is 2.43. The highest BCUT2D eigenvalue weighted by Crippen LogP contribution is 2.23. The van der Waals surface area contributed by atoms with Crippen molar-refractivity contribution in [3.05, 3.63) is 50.7 Å². The van der Waals surface area contributed by atoms with Gasteiger partial charge in [-0.15, -0.1) is 0 Å². The number of halogens is 2. The van der Waals surface area contributed by atoms with Crippen LogP contribution in [0.25, 0.3) is 0 Å². The number of aryl methyl sites for hydroxylation is 2. The molecule has 0 saturated heterocycles. The van der Waals surface area contributed by atoms with Crippen LogP contribution in [0.1, 0.15) is 35.0 Å². The van der Waals surface area contributed by atoms with E-state index in [9.17, 15) is 4.79 Å². The van der Waals surface area contributed by atoms with Gasteiger partial charge < -0.3 is 0 Å². The highest BCUT2D eigenvalue weighted by atomic mass is 79.9. The molecular formula is C14H14BrClN2O. The minimum atomic E-state index is -0.0825. The summed E-state index contributed by atoms with van der Waals surface area (Å²) < 4.78 is 2.63. The molecule has 0 aliphatic heterocycles. The van der Waals surface area contributed by atoms with Crippen LogP contribution in [-0.4, -0.2) is 15.6 Å². The van der Waals surface area contributed by atoms with Crippen molar-refractivity contribution in [1.82, 2.24) is 9.78 Å². The second-order valence-electron chi connectivity index (χ2n) is 4.35. The quantitative estimate of drug-likeness (QED) is 0.779. The molecule has 0 unspecified atom stereocenters. The van der Waals surface area contributed by atoms with Crippen LogP contribution in [0.2, 0.25) is 5.02 Å². The average Bonchev–Trinajstić information content (AvgIpc) is 2.70. The molecule has 0 radical (unpaired) electrons. The predicted octanol–water partition coefficient (Wildman–Crippen LogP) is 4.25. The Morgan fingerprint density at radius 1 is 1.47 bits per heavy atom. The van der Waals surface area contributed by atoms with Crippen molar-refractivity contribution in [2.24, 2.45) is 0 Å². The fourth-order valence-electron chi connectivity index (χ4n) is 1.98. The van der Waals surface area contributed by atoms with E-state index in [1.807, 2.05) is 26.0 Å². The number of rotatable bonds is 4. The SMILES string of the molecule is CCCn1ncc(Cl)c1C(=O)c1ccc(Br)cc1C. The molecule has 0 atom stereocenters. The second-order valence-corrected chi connectivity index (χ2v) is 5.68. The van der Waals surface area contributed by atoms with E-state index in [1.165, 1.54) is 6.20 Å². The van der Waals surface area contributed by atoms with Crippen molar-refractivity contribution in [3.8, 4) is 0 Å². The molecule has 1 aromatic carbocycles. The van der Waals surface area contributed by atoms with Crippen molar-refractivity contribution >= 4 is 33.3 Å². The lowest BCUT2D eigenvalue weighted by Crippen LogP contribution is -2.13. The van der Waals surface area contributed by atoms with Crippen LogP contribution in [-0.2, 0) is 6.54 Å².